The SMILES string of the molecule is COc1nn(C)cc1C(=O)NCCn1ccnc1C1CC1. The Bertz CT molecular complexity index is 642. The molecule has 0 aromatic carbocycles. The Labute approximate surface area is 122 Å². The molecule has 2 aromatic heterocycles. The molecule has 2 heterocycles. The molecule has 1 N–H and O–H groups in total. The molecule has 1 saturated carbocycles. The average Bonchev–Trinajstić information content (AvgIpc) is 3.09. The highest BCUT2D eigenvalue weighted by Gasteiger charge is 2.27. The highest BCUT2D eigenvalue weighted by molar-refractivity contribution is 5.96. The largest absolute Gasteiger partial charge is 0.479 e. The van der Waals surface area contributed by atoms with Gasteiger partial charge in [0.15, 0.2) is 0 Å². The van der Waals surface area contributed by atoms with Gasteiger partial charge in [-0.3, -0.25) is 9.48 Å². The van der Waals surface area contributed by atoms with E-state index in [0.29, 0.717) is 23.9 Å². The Morgan fingerprint density at radius 2 is 2.33 bits per heavy atom. The second kappa shape index (κ2) is 5.59. The standard InChI is InChI=1S/C14H19N5O2/c1-18-9-11(14(17-18)21-2)13(20)16-6-8-19-7-5-15-12(19)10-3-4-10/h5,7,9-10H,3-4,6,8H2,1-2H3,(H,16,20). The summed E-state index contributed by atoms with van der Waals surface area (Å²) in [6.07, 6.45) is 7.87. The summed E-state index contributed by atoms with van der Waals surface area (Å²) in [5.74, 6) is 1.90. The minimum Gasteiger partial charge on any atom is -0.479 e. The van der Waals surface area contributed by atoms with Gasteiger partial charge >= 0.3 is 0 Å². The third-order valence-corrected chi connectivity index (χ3v) is 3.56. The maximum Gasteiger partial charge on any atom is 0.258 e. The number of nitrogens with zero attached hydrogens (tertiary/aromatic N) is 4. The van der Waals surface area contributed by atoms with Gasteiger partial charge in [-0.05, 0) is 12.8 Å². The number of ether oxygens (including phenoxy) is 1. The van der Waals surface area contributed by atoms with Gasteiger partial charge in [-0.25, -0.2) is 4.98 Å². The lowest BCUT2D eigenvalue weighted by molar-refractivity contribution is 0.0949. The van der Waals surface area contributed by atoms with Crippen LogP contribution in [0.3, 0.4) is 0 Å². The number of aromatic nitrogens is 4. The van der Waals surface area contributed by atoms with E-state index in [4.69, 9.17) is 4.74 Å². The van der Waals surface area contributed by atoms with Crippen LogP contribution in [0.2, 0.25) is 0 Å². The van der Waals surface area contributed by atoms with Crippen molar-refractivity contribution in [1.29, 1.82) is 0 Å². The van der Waals surface area contributed by atoms with Crippen LogP contribution < -0.4 is 10.1 Å². The van der Waals surface area contributed by atoms with Crippen LogP contribution in [0.1, 0.15) is 34.9 Å². The minimum atomic E-state index is -0.173. The van der Waals surface area contributed by atoms with Gasteiger partial charge in [-0.15, -0.1) is 5.10 Å². The number of nitrogens with one attached hydrogen (secondary N) is 1. The van der Waals surface area contributed by atoms with Gasteiger partial charge in [-0.2, -0.15) is 0 Å². The van der Waals surface area contributed by atoms with E-state index in [1.165, 1.54) is 20.0 Å². The average molecular weight is 289 g/mol. The van der Waals surface area contributed by atoms with Crippen LogP contribution in [0.4, 0.5) is 0 Å². The second-order valence-corrected chi connectivity index (χ2v) is 5.23. The fourth-order valence-electron chi connectivity index (χ4n) is 2.37. The van der Waals surface area contributed by atoms with Gasteiger partial charge in [0.25, 0.3) is 5.91 Å². The van der Waals surface area contributed by atoms with Crippen LogP contribution in [-0.2, 0) is 13.6 Å². The highest BCUT2D eigenvalue weighted by atomic mass is 16.5. The fraction of sp³-hybridized carbons (Fsp3) is 0.500. The van der Waals surface area contributed by atoms with Crippen molar-refractivity contribution in [3.05, 3.63) is 30.0 Å². The zero-order valence-corrected chi connectivity index (χ0v) is 12.2. The molecule has 1 fully saturated rings. The zero-order chi connectivity index (χ0) is 14.8. The summed E-state index contributed by atoms with van der Waals surface area (Å²) in [6.45, 7) is 1.27. The highest BCUT2D eigenvalue weighted by Crippen LogP contribution is 2.38. The first-order chi connectivity index (χ1) is 10.2. The quantitative estimate of drug-likeness (QED) is 0.858. The van der Waals surface area contributed by atoms with E-state index >= 15 is 0 Å². The van der Waals surface area contributed by atoms with Crippen molar-refractivity contribution in [3.63, 3.8) is 0 Å². The molecule has 0 radical (unpaired) electrons. The van der Waals surface area contributed by atoms with Crippen LogP contribution in [-0.4, -0.2) is 38.9 Å². The van der Waals surface area contributed by atoms with Crippen LogP contribution >= 0.6 is 0 Å². The third kappa shape index (κ3) is 2.91. The Hall–Kier alpha value is -2.31. The van der Waals surface area contributed by atoms with Crippen molar-refractivity contribution in [2.45, 2.75) is 25.3 Å². The summed E-state index contributed by atoms with van der Waals surface area (Å²) >= 11 is 0. The number of carbonyl (C=O) groups excluding carboxylic acids is 1. The van der Waals surface area contributed by atoms with Crippen molar-refractivity contribution >= 4 is 5.91 Å². The molecule has 0 saturated heterocycles. The predicted molar refractivity (Wildman–Crippen MR) is 76.3 cm³/mol. The van der Waals surface area contributed by atoms with E-state index in [1.54, 1.807) is 17.9 Å². The number of aryl methyl sites for hydroxylation is 1. The van der Waals surface area contributed by atoms with Gasteiger partial charge < -0.3 is 14.6 Å². The van der Waals surface area contributed by atoms with Gasteiger partial charge in [0.05, 0.1) is 7.11 Å². The Kier molecular flexibility index (Phi) is 3.64. The van der Waals surface area contributed by atoms with E-state index < -0.39 is 0 Å². The van der Waals surface area contributed by atoms with Gasteiger partial charge in [-0.1, -0.05) is 0 Å². The number of methoxy groups -OCH3 is 1. The molecule has 21 heavy (non-hydrogen) atoms. The zero-order valence-electron chi connectivity index (χ0n) is 12.2. The lowest BCUT2D eigenvalue weighted by Gasteiger charge is -2.08. The number of rotatable bonds is 6. The summed E-state index contributed by atoms with van der Waals surface area (Å²) < 4.78 is 8.76. The summed E-state index contributed by atoms with van der Waals surface area (Å²) in [7, 11) is 3.26. The van der Waals surface area contributed by atoms with Crippen molar-refractivity contribution in [3.8, 4) is 5.88 Å². The molecule has 1 aliphatic carbocycles. The molecular formula is C14H19N5O2. The molecule has 2 aromatic rings. The van der Waals surface area contributed by atoms with Crippen molar-refractivity contribution < 1.29 is 9.53 Å². The van der Waals surface area contributed by atoms with E-state index in [0.717, 1.165) is 12.4 Å². The normalized spacial score (nSPS) is 14.2. The summed E-state index contributed by atoms with van der Waals surface area (Å²) in [5, 5.41) is 6.96. The molecule has 0 spiro atoms. The van der Waals surface area contributed by atoms with Crippen molar-refractivity contribution in [1.82, 2.24) is 24.6 Å². The molecule has 1 amide bonds. The molecule has 1 aliphatic rings. The Balaban J connectivity index is 1.57. The number of hydrogen-bond donors (Lipinski definition) is 1. The Morgan fingerprint density at radius 1 is 1.52 bits per heavy atom. The second-order valence-electron chi connectivity index (χ2n) is 5.23. The molecule has 0 unspecified atom stereocenters. The monoisotopic (exact) mass is 289 g/mol. The molecule has 7 heteroatoms. The third-order valence-electron chi connectivity index (χ3n) is 3.56. The van der Waals surface area contributed by atoms with Gasteiger partial charge in [0, 0.05) is 44.6 Å². The molecule has 7 nitrogen and oxygen atoms in total. The van der Waals surface area contributed by atoms with Crippen LogP contribution in [0, 0.1) is 0 Å². The topological polar surface area (TPSA) is 74.0 Å². The summed E-state index contributed by atoms with van der Waals surface area (Å²) in [4.78, 5) is 16.5. The van der Waals surface area contributed by atoms with Crippen LogP contribution in [0.15, 0.2) is 18.6 Å². The molecule has 0 atom stereocenters. The summed E-state index contributed by atoms with van der Waals surface area (Å²) in [6, 6.07) is 0. The molecule has 0 aliphatic heterocycles. The Morgan fingerprint density at radius 3 is 3.05 bits per heavy atom. The fourth-order valence-corrected chi connectivity index (χ4v) is 2.37. The first-order valence-electron chi connectivity index (χ1n) is 7.06. The van der Waals surface area contributed by atoms with Crippen LogP contribution in [0.25, 0.3) is 0 Å². The van der Waals surface area contributed by atoms with Gasteiger partial charge in [0.2, 0.25) is 5.88 Å². The smallest absolute Gasteiger partial charge is 0.258 e. The van der Waals surface area contributed by atoms with Crippen LogP contribution in [0.5, 0.6) is 5.88 Å². The molecule has 0 bridgehead atoms. The molecular weight excluding hydrogens is 270 g/mol. The number of hydrogen-bond acceptors (Lipinski definition) is 4. The lowest BCUT2D eigenvalue weighted by atomic mass is 10.3. The number of imidazole rings is 1. The first-order valence-corrected chi connectivity index (χ1v) is 7.06. The van der Waals surface area contributed by atoms with E-state index in [9.17, 15) is 4.79 Å². The number of amides is 1. The molecule has 112 valence electrons. The van der Waals surface area contributed by atoms with Crippen molar-refractivity contribution in [2.75, 3.05) is 13.7 Å². The number of carbonyl (C=O) groups is 1. The predicted octanol–water partition coefficient (Wildman–Crippen LogP) is 0.933. The molecule has 3 rings (SSSR count). The first kappa shape index (κ1) is 13.7. The summed E-state index contributed by atoms with van der Waals surface area (Å²) in [5.41, 5.74) is 0.452. The van der Waals surface area contributed by atoms with Crippen molar-refractivity contribution in [2.24, 2.45) is 7.05 Å². The van der Waals surface area contributed by atoms with E-state index in [-0.39, 0.29) is 5.91 Å². The maximum atomic E-state index is 12.1. The maximum absolute atomic E-state index is 12.1. The minimum absolute atomic E-state index is 0.173. The van der Waals surface area contributed by atoms with E-state index in [2.05, 4.69) is 20.0 Å². The van der Waals surface area contributed by atoms with E-state index in [1.807, 2.05) is 12.4 Å². The van der Waals surface area contributed by atoms with Gasteiger partial charge in [0.1, 0.15) is 11.4 Å². The lowest BCUT2D eigenvalue weighted by Crippen LogP contribution is -2.27.